The first-order chi connectivity index (χ1) is 9.97. The van der Waals surface area contributed by atoms with Gasteiger partial charge in [-0.25, -0.2) is 13.2 Å². The van der Waals surface area contributed by atoms with Gasteiger partial charge in [0.15, 0.2) is 0 Å². The van der Waals surface area contributed by atoms with Gasteiger partial charge in [-0.15, -0.1) is 0 Å². The third-order valence-electron chi connectivity index (χ3n) is 2.90. The molecule has 0 saturated carbocycles. The van der Waals surface area contributed by atoms with Gasteiger partial charge in [0.25, 0.3) is 10.0 Å². The molecule has 0 aliphatic carbocycles. The maximum Gasteiger partial charge on any atom is 0.337 e. The van der Waals surface area contributed by atoms with Crippen molar-refractivity contribution < 1.29 is 17.9 Å². The van der Waals surface area contributed by atoms with Crippen LogP contribution in [0.2, 0.25) is 0 Å². The summed E-state index contributed by atoms with van der Waals surface area (Å²) in [5.41, 5.74) is 0.920. The predicted octanol–water partition coefficient (Wildman–Crippen LogP) is 1.56. The lowest BCUT2D eigenvalue weighted by Gasteiger charge is -2.08. The van der Waals surface area contributed by atoms with E-state index in [2.05, 4.69) is 19.7 Å². The van der Waals surface area contributed by atoms with Gasteiger partial charge in [0.05, 0.1) is 23.8 Å². The summed E-state index contributed by atoms with van der Waals surface area (Å²) in [4.78, 5) is 11.4. The van der Waals surface area contributed by atoms with Crippen molar-refractivity contribution in [3.8, 4) is 0 Å². The number of esters is 1. The fraction of sp³-hybridized carbons (Fsp3) is 0.231. The topological polar surface area (TPSA) is 101 Å². The molecule has 1 aromatic heterocycles. The second-order valence-corrected chi connectivity index (χ2v) is 5.93. The third kappa shape index (κ3) is 3.22. The number of methoxy groups -OCH3 is 1. The first kappa shape index (κ1) is 15.0. The van der Waals surface area contributed by atoms with Gasteiger partial charge >= 0.3 is 5.97 Å². The van der Waals surface area contributed by atoms with E-state index >= 15 is 0 Å². The molecule has 0 aliphatic heterocycles. The molecule has 0 aliphatic rings. The molecular formula is C13H15N3O4S. The van der Waals surface area contributed by atoms with Crippen LogP contribution in [0.15, 0.2) is 35.4 Å². The summed E-state index contributed by atoms with van der Waals surface area (Å²) in [5, 5.41) is 6.40. The van der Waals surface area contributed by atoms with Crippen molar-refractivity contribution in [1.29, 1.82) is 0 Å². The minimum atomic E-state index is -3.81. The Hall–Kier alpha value is -2.35. The van der Waals surface area contributed by atoms with E-state index in [4.69, 9.17) is 0 Å². The second-order valence-electron chi connectivity index (χ2n) is 4.25. The molecule has 0 amide bonds. The van der Waals surface area contributed by atoms with E-state index in [-0.39, 0.29) is 10.5 Å². The van der Waals surface area contributed by atoms with Crippen LogP contribution >= 0.6 is 0 Å². The Bertz CT molecular complexity index is 752. The minimum absolute atomic E-state index is 0.0259. The van der Waals surface area contributed by atoms with Crippen LogP contribution < -0.4 is 4.72 Å². The monoisotopic (exact) mass is 309 g/mol. The summed E-state index contributed by atoms with van der Waals surface area (Å²) in [6.45, 7) is 1.89. The van der Waals surface area contributed by atoms with Crippen molar-refractivity contribution in [2.75, 3.05) is 11.8 Å². The Morgan fingerprint density at radius 3 is 2.86 bits per heavy atom. The fourth-order valence-electron chi connectivity index (χ4n) is 1.77. The molecule has 0 atom stereocenters. The highest BCUT2D eigenvalue weighted by molar-refractivity contribution is 7.92. The number of aryl methyl sites for hydroxylation is 1. The smallest absolute Gasteiger partial charge is 0.337 e. The first-order valence-electron chi connectivity index (χ1n) is 6.21. The van der Waals surface area contributed by atoms with E-state index in [1.54, 1.807) is 6.20 Å². The van der Waals surface area contributed by atoms with Crippen molar-refractivity contribution in [3.05, 3.63) is 41.6 Å². The lowest BCUT2D eigenvalue weighted by Crippen LogP contribution is -2.15. The Morgan fingerprint density at radius 2 is 2.19 bits per heavy atom. The minimum Gasteiger partial charge on any atom is -0.465 e. The summed E-state index contributed by atoms with van der Waals surface area (Å²) < 4.78 is 31.6. The van der Waals surface area contributed by atoms with Crippen LogP contribution in [0, 0.1) is 0 Å². The molecule has 0 saturated heterocycles. The zero-order valence-corrected chi connectivity index (χ0v) is 12.4. The predicted molar refractivity (Wildman–Crippen MR) is 76.6 cm³/mol. The zero-order valence-electron chi connectivity index (χ0n) is 11.6. The van der Waals surface area contributed by atoms with E-state index in [9.17, 15) is 13.2 Å². The molecule has 0 bridgehead atoms. The van der Waals surface area contributed by atoms with Gasteiger partial charge in [0.2, 0.25) is 0 Å². The Balaban J connectivity index is 2.34. The van der Waals surface area contributed by atoms with Gasteiger partial charge < -0.3 is 4.74 Å². The van der Waals surface area contributed by atoms with Gasteiger partial charge in [-0.1, -0.05) is 13.0 Å². The van der Waals surface area contributed by atoms with Crippen LogP contribution in [-0.2, 0) is 21.2 Å². The summed E-state index contributed by atoms with van der Waals surface area (Å²) >= 11 is 0. The number of anilines is 1. The van der Waals surface area contributed by atoms with Crippen molar-refractivity contribution in [3.63, 3.8) is 0 Å². The van der Waals surface area contributed by atoms with Crippen molar-refractivity contribution in [1.82, 2.24) is 10.2 Å². The van der Waals surface area contributed by atoms with Crippen LogP contribution in [0.4, 0.5) is 5.82 Å². The Labute approximate surface area is 122 Å². The summed E-state index contributed by atoms with van der Waals surface area (Å²) in [5.74, 6) is -0.274. The summed E-state index contributed by atoms with van der Waals surface area (Å²) in [6.07, 6.45) is 2.19. The molecule has 2 N–H and O–H groups in total. The highest BCUT2D eigenvalue weighted by Gasteiger charge is 2.18. The van der Waals surface area contributed by atoms with Crippen LogP contribution in [0.5, 0.6) is 0 Å². The molecular weight excluding hydrogens is 294 g/mol. The Kier molecular flexibility index (Phi) is 4.27. The van der Waals surface area contributed by atoms with Crippen LogP contribution in [0.3, 0.4) is 0 Å². The van der Waals surface area contributed by atoms with Gasteiger partial charge in [-0.05, 0) is 24.6 Å². The number of carbonyl (C=O) groups excluding carboxylic acids is 1. The molecule has 7 nitrogen and oxygen atoms in total. The number of hydrogen-bond acceptors (Lipinski definition) is 5. The van der Waals surface area contributed by atoms with Crippen molar-refractivity contribution >= 4 is 21.8 Å². The third-order valence-corrected chi connectivity index (χ3v) is 4.25. The number of sulfonamides is 1. The quantitative estimate of drug-likeness (QED) is 0.816. The van der Waals surface area contributed by atoms with Crippen LogP contribution in [-0.4, -0.2) is 31.7 Å². The lowest BCUT2D eigenvalue weighted by atomic mass is 10.2. The molecule has 8 heteroatoms. The number of nitrogens with zero attached hydrogens (tertiary/aromatic N) is 1. The average molecular weight is 309 g/mol. The number of nitrogens with one attached hydrogen (secondary N) is 2. The zero-order chi connectivity index (χ0) is 15.5. The summed E-state index contributed by atoms with van der Waals surface area (Å²) in [7, 11) is -2.57. The molecule has 1 aromatic carbocycles. The van der Waals surface area contributed by atoms with Gasteiger partial charge in [0, 0.05) is 5.56 Å². The second kappa shape index (κ2) is 5.96. The lowest BCUT2D eigenvalue weighted by molar-refractivity contribution is 0.0600. The van der Waals surface area contributed by atoms with Gasteiger partial charge in [-0.2, -0.15) is 5.10 Å². The molecule has 112 valence electrons. The SMILES string of the molecule is CCc1cn[nH]c1NS(=O)(=O)c1cccc(C(=O)OC)c1. The van der Waals surface area contributed by atoms with Gasteiger partial charge in [-0.3, -0.25) is 9.82 Å². The molecule has 0 fully saturated rings. The van der Waals surface area contributed by atoms with E-state index < -0.39 is 16.0 Å². The largest absolute Gasteiger partial charge is 0.465 e. The molecule has 2 rings (SSSR count). The number of aromatic amines is 1. The number of benzene rings is 1. The molecule has 0 radical (unpaired) electrons. The average Bonchev–Trinajstić information content (AvgIpc) is 2.93. The normalized spacial score (nSPS) is 11.1. The number of H-pyrrole nitrogens is 1. The molecule has 1 heterocycles. The number of aromatic nitrogens is 2. The van der Waals surface area contributed by atoms with Gasteiger partial charge in [0.1, 0.15) is 5.82 Å². The number of carbonyl (C=O) groups is 1. The van der Waals surface area contributed by atoms with E-state index in [0.29, 0.717) is 12.2 Å². The standard InChI is InChI=1S/C13H15N3O4S/c1-3-9-8-14-15-12(9)16-21(18,19)11-6-4-5-10(7-11)13(17)20-2/h4-8H,3H2,1-2H3,(H2,14,15,16). The van der Waals surface area contributed by atoms with E-state index in [0.717, 1.165) is 5.56 Å². The molecule has 0 unspecified atom stereocenters. The molecule has 2 aromatic rings. The van der Waals surface area contributed by atoms with Crippen molar-refractivity contribution in [2.24, 2.45) is 0 Å². The first-order valence-corrected chi connectivity index (χ1v) is 7.69. The number of rotatable bonds is 5. The van der Waals surface area contributed by atoms with E-state index in [1.165, 1.54) is 31.4 Å². The highest BCUT2D eigenvalue weighted by atomic mass is 32.2. The van der Waals surface area contributed by atoms with Crippen LogP contribution in [0.1, 0.15) is 22.8 Å². The van der Waals surface area contributed by atoms with Crippen molar-refractivity contribution in [2.45, 2.75) is 18.2 Å². The maximum absolute atomic E-state index is 12.3. The molecule has 21 heavy (non-hydrogen) atoms. The van der Waals surface area contributed by atoms with Crippen LogP contribution in [0.25, 0.3) is 0 Å². The number of hydrogen-bond donors (Lipinski definition) is 2. The maximum atomic E-state index is 12.3. The fourth-order valence-corrected chi connectivity index (χ4v) is 2.87. The highest BCUT2D eigenvalue weighted by Crippen LogP contribution is 2.19. The van der Waals surface area contributed by atoms with E-state index in [1.807, 2.05) is 6.92 Å². The number of ether oxygens (including phenoxy) is 1. The summed E-state index contributed by atoms with van der Waals surface area (Å²) in [6, 6.07) is 5.62. The molecule has 0 spiro atoms. The Morgan fingerprint density at radius 1 is 1.43 bits per heavy atom.